The molecule has 0 amide bonds. The molecule has 0 radical (unpaired) electrons. The smallest absolute Gasteiger partial charge is 0.0484 e. The fourth-order valence-electron chi connectivity index (χ4n) is 2.52. The Morgan fingerprint density at radius 1 is 1.19 bits per heavy atom. The van der Waals surface area contributed by atoms with Crippen LogP contribution in [0.15, 0.2) is 42.7 Å². The van der Waals surface area contributed by atoms with Crippen molar-refractivity contribution in [1.29, 1.82) is 0 Å². The summed E-state index contributed by atoms with van der Waals surface area (Å²) in [6, 6.07) is 11.6. The number of rotatable bonds is 6. The molecule has 1 N–H and O–H groups in total. The zero-order valence-corrected chi connectivity index (χ0v) is 12.8. The monoisotopic (exact) mass is 281 g/mol. The van der Waals surface area contributed by atoms with Crippen molar-refractivity contribution in [3.8, 4) is 0 Å². The standard InChI is InChI=1S/C18H23N3/c1-3-14-4-8-17(9-5-14)21(2)18-10-11-19-12-15(18)13-20-16-6-7-16/h4-5,8-12,16,20H,3,6-7,13H2,1-2H3. The Kier molecular flexibility index (Phi) is 4.20. The van der Waals surface area contributed by atoms with Gasteiger partial charge in [0.15, 0.2) is 0 Å². The molecule has 3 nitrogen and oxygen atoms in total. The molecular formula is C18H23N3. The summed E-state index contributed by atoms with van der Waals surface area (Å²) >= 11 is 0. The highest BCUT2D eigenvalue weighted by molar-refractivity contribution is 5.65. The average molecular weight is 281 g/mol. The molecule has 1 aliphatic carbocycles. The molecule has 110 valence electrons. The van der Waals surface area contributed by atoms with Crippen molar-refractivity contribution >= 4 is 11.4 Å². The highest BCUT2D eigenvalue weighted by atomic mass is 15.1. The number of aryl methyl sites for hydroxylation is 1. The van der Waals surface area contributed by atoms with E-state index < -0.39 is 0 Å². The van der Waals surface area contributed by atoms with Crippen LogP contribution in [0.25, 0.3) is 0 Å². The average Bonchev–Trinajstić information content (AvgIpc) is 3.37. The third-order valence-electron chi connectivity index (χ3n) is 4.13. The molecule has 1 aliphatic rings. The lowest BCUT2D eigenvalue weighted by molar-refractivity contribution is 0.685. The summed E-state index contributed by atoms with van der Waals surface area (Å²) in [4.78, 5) is 6.52. The molecule has 0 unspecified atom stereocenters. The van der Waals surface area contributed by atoms with Crippen LogP contribution in [0.5, 0.6) is 0 Å². The number of nitrogens with zero attached hydrogens (tertiary/aromatic N) is 2. The lowest BCUT2D eigenvalue weighted by Gasteiger charge is -2.23. The topological polar surface area (TPSA) is 28.2 Å². The number of pyridine rings is 1. The van der Waals surface area contributed by atoms with Gasteiger partial charge in [-0.05, 0) is 43.0 Å². The number of hydrogen-bond acceptors (Lipinski definition) is 3. The Hall–Kier alpha value is -1.87. The molecule has 0 spiro atoms. The maximum Gasteiger partial charge on any atom is 0.0484 e. The molecule has 0 saturated heterocycles. The molecule has 1 aromatic heterocycles. The van der Waals surface area contributed by atoms with E-state index >= 15 is 0 Å². The number of benzene rings is 1. The van der Waals surface area contributed by atoms with Crippen molar-refractivity contribution in [2.45, 2.75) is 38.8 Å². The van der Waals surface area contributed by atoms with Crippen molar-refractivity contribution in [2.75, 3.05) is 11.9 Å². The zero-order valence-electron chi connectivity index (χ0n) is 12.8. The van der Waals surface area contributed by atoms with Crippen molar-refractivity contribution in [2.24, 2.45) is 0 Å². The van der Waals surface area contributed by atoms with Crippen molar-refractivity contribution < 1.29 is 0 Å². The van der Waals surface area contributed by atoms with E-state index in [9.17, 15) is 0 Å². The van der Waals surface area contributed by atoms with E-state index in [1.165, 1.54) is 35.3 Å². The highest BCUT2D eigenvalue weighted by Crippen LogP contribution is 2.27. The largest absolute Gasteiger partial charge is 0.344 e. The minimum absolute atomic E-state index is 0.715. The summed E-state index contributed by atoms with van der Waals surface area (Å²) in [5.74, 6) is 0. The first-order valence-corrected chi connectivity index (χ1v) is 7.77. The van der Waals surface area contributed by atoms with Gasteiger partial charge in [-0.1, -0.05) is 19.1 Å². The molecule has 1 fully saturated rings. The maximum atomic E-state index is 4.28. The van der Waals surface area contributed by atoms with E-state index in [2.05, 4.69) is 59.5 Å². The molecule has 21 heavy (non-hydrogen) atoms. The third-order valence-corrected chi connectivity index (χ3v) is 4.13. The van der Waals surface area contributed by atoms with Crippen LogP contribution in [-0.2, 0) is 13.0 Å². The lowest BCUT2D eigenvalue weighted by atomic mass is 10.1. The summed E-state index contributed by atoms with van der Waals surface area (Å²) in [6.07, 6.45) is 7.54. The van der Waals surface area contributed by atoms with E-state index in [4.69, 9.17) is 0 Å². The minimum atomic E-state index is 0.715. The molecule has 0 atom stereocenters. The summed E-state index contributed by atoms with van der Waals surface area (Å²) in [7, 11) is 2.12. The number of hydrogen-bond donors (Lipinski definition) is 1. The minimum Gasteiger partial charge on any atom is -0.344 e. The molecule has 1 saturated carbocycles. The fourth-order valence-corrected chi connectivity index (χ4v) is 2.52. The Balaban J connectivity index is 1.80. The van der Waals surface area contributed by atoms with Crippen LogP contribution in [0, 0.1) is 0 Å². The van der Waals surface area contributed by atoms with Crippen LogP contribution in [0.3, 0.4) is 0 Å². The van der Waals surface area contributed by atoms with Gasteiger partial charge in [0.2, 0.25) is 0 Å². The SMILES string of the molecule is CCc1ccc(N(C)c2ccncc2CNC2CC2)cc1. The van der Waals surface area contributed by atoms with Crippen LogP contribution in [0.1, 0.15) is 30.9 Å². The van der Waals surface area contributed by atoms with E-state index in [-0.39, 0.29) is 0 Å². The second-order valence-electron chi connectivity index (χ2n) is 5.74. The van der Waals surface area contributed by atoms with E-state index in [1.807, 2.05) is 12.4 Å². The fraction of sp³-hybridized carbons (Fsp3) is 0.389. The van der Waals surface area contributed by atoms with Crippen LogP contribution in [-0.4, -0.2) is 18.1 Å². The Morgan fingerprint density at radius 2 is 1.95 bits per heavy atom. The van der Waals surface area contributed by atoms with E-state index in [0.717, 1.165) is 13.0 Å². The summed E-state index contributed by atoms with van der Waals surface area (Å²) in [5, 5.41) is 3.57. The Morgan fingerprint density at radius 3 is 2.62 bits per heavy atom. The normalized spacial score (nSPS) is 14.2. The van der Waals surface area contributed by atoms with E-state index in [0.29, 0.717) is 6.04 Å². The molecule has 0 bridgehead atoms. The van der Waals surface area contributed by atoms with Gasteiger partial charge in [-0.25, -0.2) is 0 Å². The number of aromatic nitrogens is 1. The van der Waals surface area contributed by atoms with Crippen molar-refractivity contribution in [3.63, 3.8) is 0 Å². The van der Waals surface area contributed by atoms with Gasteiger partial charge in [-0.15, -0.1) is 0 Å². The number of anilines is 2. The van der Waals surface area contributed by atoms with Gasteiger partial charge in [-0.2, -0.15) is 0 Å². The van der Waals surface area contributed by atoms with Crippen molar-refractivity contribution in [3.05, 3.63) is 53.9 Å². The first kappa shape index (κ1) is 14.1. The first-order valence-electron chi connectivity index (χ1n) is 7.77. The Labute approximate surface area is 127 Å². The lowest BCUT2D eigenvalue weighted by Crippen LogP contribution is -2.19. The van der Waals surface area contributed by atoms with Gasteiger partial charge in [0.25, 0.3) is 0 Å². The maximum absolute atomic E-state index is 4.28. The molecule has 1 aromatic carbocycles. The van der Waals surface area contributed by atoms with Crippen LogP contribution < -0.4 is 10.2 Å². The predicted molar refractivity (Wildman–Crippen MR) is 88.0 cm³/mol. The van der Waals surface area contributed by atoms with Gasteiger partial charge in [0, 0.05) is 49.0 Å². The van der Waals surface area contributed by atoms with Gasteiger partial charge < -0.3 is 10.2 Å². The van der Waals surface area contributed by atoms with Crippen LogP contribution in [0.2, 0.25) is 0 Å². The highest BCUT2D eigenvalue weighted by Gasteiger charge is 2.21. The van der Waals surface area contributed by atoms with Gasteiger partial charge in [0.05, 0.1) is 0 Å². The second-order valence-corrected chi connectivity index (χ2v) is 5.74. The molecule has 0 aliphatic heterocycles. The summed E-state index contributed by atoms with van der Waals surface area (Å²) in [5.41, 5.74) is 5.07. The first-order chi connectivity index (χ1) is 10.3. The predicted octanol–water partition coefficient (Wildman–Crippen LogP) is 3.66. The third kappa shape index (κ3) is 3.42. The molecule has 1 heterocycles. The van der Waals surface area contributed by atoms with Crippen LogP contribution >= 0.6 is 0 Å². The Bertz CT molecular complexity index is 588. The van der Waals surface area contributed by atoms with Crippen molar-refractivity contribution in [1.82, 2.24) is 10.3 Å². The van der Waals surface area contributed by atoms with E-state index in [1.54, 1.807) is 0 Å². The number of nitrogens with one attached hydrogen (secondary N) is 1. The zero-order chi connectivity index (χ0) is 14.7. The molecule has 3 rings (SSSR count). The molecule has 3 heteroatoms. The quantitative estimate of drug-likeness (QED) is 0.875. The summed E-state index contributed by atoms with van der Waals surface area (Å²) < 4.78 is 0. The van der Waals surface area contributed by atoms with Gasteiger partial charge in [-0.3, -0.25) is 4.98 Å². The van der Waals surface area contributed by atoms with Crippen LogP contribution in [0.4, 0.5) is 11.4 Å². The second kappa shape index (κ2) is 6.27. The summed E-state index contributed by atoms with van der Waals surface area (Å²) in [6.45, 7) is 3.08. The molecular weight excluding hydrogens is 258 g/mol. The van der Waals surface area contributed by atoms with Gasteiger partial charge in [0.1, 0.15) is 0 Å². The van der Waals surface area contributed by atoms with Gasteiger partial charge >= 0.3 is 0 Å². The molecule has 2 aromatic rings.